The molecule has 0 radical (unpaired) electrons. The molecular formula is C25H29N5O2. The molecule has 32 heavy (non-hydrogen) atoms. The zero-order valence-electron chi connectivity index (χ0n) is 18.8. The SMILES string of the molecule is Cc1cccc(-n2nnc(C(=O)NCC3CC(=O)N(CCc4ccccc4)C3)c2C)c1C. The number of aromatic nitrogens is 3. The van der Waals surface area contributed by atoms with Crippen LogP contribution < -0.4 is 5.32 Å². The van der Waals surface area contributed by atoms with E-state index in [0.29, 0.717) is 37.4 Å². The second-order valence-corrected chi connectivity index (χ2v) is 8.51. The molecule has 2 aromatic carbocycles. The first-order valence-corrected chi connectivity index (χ1v) is 11.0. The van der Waals surface area contributed by atoms with Crippen LogP contribution in [0, 0.1) is 26.7 Å². The van der Waals surface area contributed by atoms with Gasteiger partial charge in [-0.15, -0.1) is 5.10 Å². The minimum atomic E-state index is -0.255. The van der Waals surface area contributed by atoms with Gasteiger partial charge in [0.25, 0.3) is 5.91 Å². The molecule has 1 aliphatic rings. The molecule has 1 aliphatic heterocycles. The Balaban J connectivity index is 1.34. The standard InChI is InChI=1S/C25H29N5O2/c1-17-8-7-11-22(18(17)2)30-19(3)24(27-28-30)25(32)26-15-21-14-23(31)29(16-21)13-12-20-9-5-4-6-10-20/h4-11,21H,12-16H2,1-3H3,(H,26,32). The van der Waals surface area contributed by atoms with Crippen LogP contribution in [-0.2, 0) is 11.2 Å². The summed E-state index contributed by atoms with van der Waals surface area (Å²) in [7, 11) is 0. The Morgan fingerprint density at radius 2 is 1.88 bits per heavy atom. The van der Waals surface area contributed by atoms with Crippen molar-refractivity contribution in [2.45, 2.75) is 33.6 Å². The van der Waals surface area contributed by atoms with Crippen LogP contribution in [0.5, 0.6) is 0 Å². The lowest BCUT2D eigenvalue weighted by Crippen LogP contribution is -2.32. The van der Waals surface area contributed by atoms with E-state index in [1.165, 1.54) is 5.56 Å². The van der Waals surface area contributed by atoms with E-state index in [9.17, 15) is 9.59 Å². The summed E-state index contributed by atoms with van der Waals surface area (Å²) in [5, 5.41) is 11.3. The highest BCUT2D eigenvalue weighted by Gasteiger charge is 2.30. The Labute approximate surface area is 188 Å². The number of hydrogen-bond donors (Lipinski definition) is 1. The molecule has 1 N–H and O–H groups in total. The van der Waals surface area contributed by atoms with Crippen LogP contribution in [0.2, 0.25) is 0 Å². The van der Waals surface area contributed by atoms with Crippen LogP contribution in [0.4, 0.5) is 0 Å². The number of carbonyl (C=O) groups is 2. The monoisotopic (exact) mass is 431 g/mol. The minimum Gasteiger partial charge on any atom is -0.350 e. The maximum absolute atomic E-state index is 12.8. The third-order valence-corrected chi connectivity index (χ3v) is 6.27. The van der Waals surface area contributed by atoms with Gasteiger partial charge in [0.15, 0.2) is 5.69 Å². The first-order chi connectivity index (χ1) is 15.4. The molecule has 7 heteroatoms. The van der Waals surface area contributed by atoms with E-state index >= 15 is 0 Å². The maximum Gasteiger partial charge on any atom is 0.273 e. The lowest BCUT2D eigenvalue weighted by Gasteiger charge is -2.17. The van der Waals surface area contributed by atoms with Crippen LogP contribution in [0.3, 0.4) is 0 Å². The van der Waals surface area contributed by atoms with Crippen molar-refractivity contribution < 1.29 is 9.59 Å². The van der Waals surface area contributed by atoms with Gasteiger partial charge in [0.05, 0.1) is 11.4 Å². The highest BCUT2D eigenvalue weighted by Crippen LogP contribution is 2.20. The predicted molar refractivity (Wildman–Crippen MR) is 123 cm³/mol. The van der Waals surface area contributed by atoms with Crippen molar-refractivity contribution in [3.05, 3.63) is 76.6 Å². The van der Waals surface area contributed by atoms with Crippen LogP contribution in [0.15, 0.2) is 48.5 Å². The van der Waals surface area contributed by atoms with E-state index in [-0.39, 0.29) is 17.7 Å². The molecule has 1 atom stereocenters. The number of likely N-dealkylation sites (tertiary alicyclic amines) is 1. The molecular weight excluding hydrogens is 402 g/mol. The van der Waals surface area contributed by atoms with Gasteiger partial charge in [-0.1, -0.05) is 47.7 Å². The lowest BCUT2D eigenvalue weighted by molar-refractivity contribution is -0.127. The zero-order chi connectivity index (χ0) is 22.7. The number of carbonyl (C=O) groups excluding carboxylic acids is 2. The molecule has 1 saturated heterocycles. The lowest BCUT2D eigenvalue weighted by atomic mass is 10.1. The molecule has 3 aromatic rings. The first-order valence-electron chi connectivity index (χ1n) is 11.0. The largest absolute Gasteiger partial charge is 0.350 e. The van der Waals surface area contributed by atoms with Crippen molar-refractivity contribution in [2.75, 3.05) is 19.6 Å². The fraction of sp³-hybridized carbons (Fsp3) is 0.360. The van der Waals surface area contributed by atoms with Crippen molar-refractivity contribution in [2.24, 2.45) is 5.92 Å². The summed E-state index contributed by atoms with van der Waals surface area (Å²) in [6, 6.07) is 16.2. The summed E-state index contributed by atoms with van der Waals surface area (Å²) < 4.78 is 1.71. The van der Waals surface area contributed by atoms with Gasteiger partial charge in [-0.25, -0.2) is 4.68 Å². The first kappa shape index (κ1) is 21.7. The normalized spacial score (nSPS) is 15.9. The molecule has 0 bridgehead atoms. The molecule has 4 rings (SSSR count). The fourth-order valence-corrected chi connectivity index (χ4v) is 4.17. The number of rotatable bonds is 7. The smallest absolute Gasteiger partial charge is 0.273 e. The molecule has 0 saturated carbocycles. The average molecular weight is 432 g/mol. The Kier molecular flexibility index (Phi) is 6.35. The van der Waals surface area contributed by atoms with E-state index in [1.54, 1.807) is 4.68 Å². The molecule has 166 valence electrons. The van der Waals surface area contributed by atoms with Gasteiger partial charge in [0.1, 0.15) is 0 Å². The molecule has 2 amide bonds. The van der Waals surface area contributed by atoms with E-state index in [1.807, 2.05) is 62.1 Å². The van der Waals surface area contributed by atoms with Gasteiger partial charge >= 0.3 is 0 Å². The van der Waals surface area contributed by atoms with Gasteiger partial charge in [-0.05, 0) is 49.9 Å². The molecule has 1 fully saturated rings. The van der Waals surface area contributed by atoms with E-state index in [2.05, 4.69) is 27.8 Å². The second-order valence-electron chi connectivity index (χ2n) is 8.51. The number of benzene rings is 2. The summed E-state index contributed by atoms with van der Waals surface area (Å²) in [6.45, 7) is 7.75. The molecule has 0 spiro atoms. The van der Waals surface area contributed by atoms with Crippen LogP contribution in [0.1, 0.15) is 39.3 Å². The van der Waals surface area contributed by atoms with Crippen molar-refractivity contribution in [3.8, 4) is 5.69 Å². The molecule has 1 aromatic heterocycles. The van der Waals surface area contributed by atoms with Gasteiger partial charge in [-0.3, -0.25) is 9.59 Å². The summed E-state index contributed by atoms with van der Waals surface area (Å²) in [6.07, 6.45) is 1.30. The summed E-state index contributed by atoms with van der Waals surface area (Å²) in [4.78, 5) is 27.0. The van der Waals surface area contributed by atoms with Gasteiger partial charge in [-0.2, -0.15) is 0 Å². The van der Waals surface area contributed by atoms with Gasteiger partial charge < -0.3 is 10.2 Å². The van der Waals surface area contributed by atoms with Crippen molar-refractivity contribution in [3.63, 3.8) is 0 Å². The minimum absolute atomic E-state index is 0.108. The molecule has 2 heterocycles. The van der Waals surface area contributed by atoms with E-state index in [0.717, 1.165) is 23.2 Å². The molecule has 1 unspecified atom stereocenters. The predicted octanol–water partition coefficient (Wildman–Crippen LogP) is 3.01. The summed E-state index contributed by atoms with van der Waals surface area (Å²) in [5.41, 5.74) is 5.42. The van der Waals surface area contributed by atoms with Crippen molar-refractivity contribution in [1.29, 1.82) is 0 Å². The van der Waals surface area contributed by atoms with Crippen LogP contribution in [0.25, 0.3) is 5.69 Å². The third-order valence-electron chi connectivity index (χ3n) is 6.27. The van der Waals surface area contributed by atoms with E-state index < -0.39 is 0 Å². The second kappa shape index (κ2) is 9.34. The summed E-state index contributed by atoms with van der Waals surface area (Å²) >= 11 is 0. The quantitative estimate of drug-likeness (QED) is 0.624. The van der Waals surface area contributed by atoms with Gasteiger partial charge in [0.2, 0.25) is 5.91 Å². The van der Waals surface area contributed by atoms with Gasteiger partial charge in [0, 0.05) is 32.0 Å². The van der Waals surface area contributed by atoms with Crippen molar-refractivity contribution in [1.82, 2.24) is 25.2 Å². The number of nitrogens with zero attached hydrogens (tertiary/aromatic N) is 4. The Bertz CT molecular complexity index is 1120. The topological polar surface area (TPSA) is 80.1 Å². The highest BCUT2D eigenvalue weighted by molar-refractivity contribution is 5.93. The Morgan fingerprint density at radius 1 is 1.09 bits per heavy atom. The number of nitrogens with one attached hydrogen (secondary N) is 1. The fourth-order valence-electron chi connectivity index (χ4n) is 4.17. The number of hydrogen-bond acceptors (Lipinski definition) is 4. The number of aryl methyl sites for hydroxylation is 1. The maximum atomic E-state index is 12.8. The van der Waals surface area contributed by atoms with Crippen LogP contribution in [-0.4, -0.2) is 51.3 Å². The Morgan fingerprint density at radius 3 is 2.66 bits per heavy atom. The zero-order valence-corrected chi connectivity index (χ0v) is 18.8. The molecule has 7 nitrogen and oxygen atoms in total. The average Bonchev–Trinajstić information content (AvgIpc) is 3.35. The van der Waals surface area contributed by atoms with Crippen molar-refractivity contribution >= 4 is 11.8 Å². The highest BCUT2D eigenvalue weighted by atomic mass is 16.2. The van der Waals surface area contributed by atoms with Crippen LogP contribution >= 0.6 is 0 Å². The third kappa shape index (κ3) is 4.56. The Hall–Kier alpha value is -3.48. The molecule has 0 aliphatic carbocycles. The van der Waals surface area contributed by atoms with E-state index in [4.69, 9.17) is 0 Å². The summed E-state index contributed by atoms with van der Waals surface area (Å²) in [5.74, 6) is 0.00283. The number of amides is 2.